The number of carbonyl (C=O) groups is 1. The van der Waals surface area contributed by atoms with Crippen LogP contribution < -0.4 is 4.74 Å². The Kier molecular flexibility index (Phi) is 4.19. The van der Waals surface area contributed by atoms with Crippen LogP contribution in [0.3, 0.4) is 0 Å². The van der Waals surface area contributed by atoms with Gasteiger partial charge in [-0.3, -0.25) is 0 Å². The highest BCUT2D eigenvalue weighted by Gasteiger charge is 2.33. The number of esters is 1. The van der Waals surface area contributed by atoms with Crippen molar-refractivity contribution in [3.63, 3.8) is 0 Å². The van der Waals surface area contributed by atoms with Crippen LogP contribution in [0.5, 0.6) is 5.75 Å². The molecule has 1 aromatic rings. The van der Waals surface area contributed by atoms with Crippen LogP contribution in [-0.2, 0) is 4.74 Å². The molecule has 0 N–H and O–H groups in total. The van der Waals surface area contributed by atoms with E-state index < -0.39 is 23.6 Å². The largest absolute Gasteiger partial charge is 0.573 e. The number of benzene rings is 1. The maximum Gasteiger partial charge on any atom is 0.573 e. The van der Waals surface area contributed by atoms with Gasteiger partial charge in [-0.05, 0) is 28.1 Å². The van der Waals surface area contributed by atoms with E-state index in [0.717, 1.165) is 19.2 Å². The van der Waals surface area contributed by atoms with Gasteiger partial charge in [0.2, 0.25) is 0 Å². The van der Waals surface area contributed by atoms with Crippen molar-refractivity contribution in [2.45, 2.75) is 6.36 Å². The molecule has 0 saturated carbocycles. The van der Waals surface area contributed by atoms with Gasteiger partial charge < -0.3 is 9.47 Å². The molecule has 0 amide bonds. The number of halogens is 4. The Morgan fingerprint density at radius 1 is 1.44 bits per heavy atom. The Labute approximate surface area is 108 Å². The number of hydrogen-bond acceptors (Lipinski definition) is 4. The molecule has 0 atom stereocenters. The maximum atomic E-state index is 12.1. The molecule has 0 heterocycles. The molecule has 1 aromatic carbocycles. The summed E-state index contributed by atoms with van der Waals surface area (Å²) in [5.74, 6) is -1.47. The minimum atomic E-state index is -4.93. The van der Waals surface area contributed by atoms with Crippen LogP contribution in [0.15, 0.2) is 16.6 Å². The first-order valence-electron chi connectivity index (χ1n) is 4.36. The molecule has 0 spiro atoms. The van der Waals surface area contributed by atoms with E-state index >= 15 is 0 Å². The molecular formula is C10H5BrF3NO3. The molecule has 96 valence electrons. The quantitative estimate of drug-likeness (QED) is 0.785. The standard InChI is InChI=1S/C10H5BrF3NO3/c1-17-9(16)5-2-6(4-15)8(7(11)3-5)18-10(12,13)14/h2-3H,1H3. The summed E-state index contributed by atoms with van der Waals surface area (Å²) in [7, 11) is 1.11. The number of ether oxygens (including phenoxy) is 2. The Morgan fingerprint density at radius 3 is 2.50 bits per heavy atom. The van der Waals surface area contributed by atoms with E-state index in [-0.39, 0.29) is 10.0 Å². The number of methoxy groups -OCH3 is 1. The third-order valence-electron chi connectivity index (χ3n) is 1.80. The Balaban J connectivity index is 3.30. The van der Waals surface area contributed by atoms with Crippen molar-refractivity contribution in [3.8, 4) is 11.8 Å². The molecule has 0 aliphatic heterocycles. The van der Waals surface area contributed by atoms with Crippen molar-refractivity contribution in [1.82, 2.24) is 0 Å². The van der Waals surface area contributed by atoms with Crippen molar-refractivity contribution < 1.29 is 27.4 Å². The molecule has 0 unspecified atom stereocenters. The van der Waals surface area contributed by atoms with Gasteiger partial charge in [0.25, 0.3) is 0 Å². The van der Waals surface area contributed by atoms with Crippen molar-refractivity contribution in [1.29, 1.82) is 5.26 Å². The second-order valence-electron chi connectivity index (χ2n) is 2.99. The number of nitriles is 1. The average molecular weight is 324 g/mol. The lowest BCUT2D eigenvalue weighted by Crippen LogP contribution is -2.18. The average Bonchev–Trinajstić information content (AvgIpc) is 2.28. The van der Waals surface area contributed by atoms with E-state index in [4.69, 9.17) is 5.26 Å². The van der Waals surface area contributed by atoms with E-state index in [9.17, 15) is 18.0 Å². The third-order valence-corrected chi connectivity index (χ3v) is 2.39. The summed E-state index contributed by atoms with van der Waals surface area (Å²) in [6.45, 7) is 0. The highest BCUT2D eigenvalue weighted by atomic mass is 79.9. The van der Waals surface area contributed by atoms with E-state index in [0.29, 0.717) is 0 Å². The van der Waals surface area contributed by atoms with Crippen LogP contribution >= 0.6 is 15.9 Å². The smallest absolute Gasteiger partial charge is 0.465 e. The molecule has 0 fully saturated rings. The van der Waals surface area contributed by atoms with Gasteiger partial charge in [-0.25, -0.2) is 4.79 Å². The van der Waals surface area contributed by atoms with Crippen molar-refractivity contribution in [3.05, 3.63) is 27.7 Å². The topological polar surface area (TPSA) is 59.3 Å². The van der Waals surface area contributed by atoms with Gasteiger partial charge in [0.1, 0.15) is 6.07 Å². The van der Waals surface area contributed by atoms with Crippen LogP contribution in [0.2, 0.25) is 0 Å². The molecule has 0 radical (unpaired) electrons. The Morgan fingerprint density at radius 2 is 2.06 bits per heavy atom. The van der Waals surface area contributed by atoms with Crippen LogP contribution in [0.1, 0.15) is 15.9 Å². The first-order valence-corrected chi connectivity index (χ1v) is 5.15. The fraction of sp³-hybridized carbons (Fsp3) is 0.200. The molecule has 0 saturated heterocycles. The molecule has 0 aromatic heterocycles. The van der Waals surface area contributed by atoms with Crippen molar-refractivity contribution in [2.24, 2.45) is 0 Å². The van der Waals surface area contributed by atoms with Crippen LogP contribution in [0.25, 0.3) is 0 Å². The van der Waals surface area contributed by atoms with E-state index in [1.54, 1.807) is 0 Å². The van der Waals surface area contributed by atoms with E-state index in [2.05, 4.69) is 25.4 Å². The van der Waals surface area contributed by atoms with Crippen molar-refractivity contribution in [2.75, 3.05) is 7.11 Å². The Bertz CT molecular complexity index is 522. The molecule has 18 heavy (non-hydrogen) atoms. The zero-order chi connectivity index (χ0) is 13.9. The predicted octanol–water partition coefficient (Wildman–Crippen LogP) is 3.01. The second kappa shape index (κ2) is 5.27. The minimum absolute atomic E-state index is 0.0598. The predicted molar refractivity (Wildman–Crippen MR) is 56.9 cm³/mol. The molecule has 0 bridgehead atoms. The monoisotopic (exact) mass is 323 g/mol. The van der Waals surface area contributed by atoms with Gasteiger partial charge in [-0.1, -0.05) is 0 Å². The molecule has 0 aliphatic rings. The lowest BCUT2D eigenvalue weighted by atomic mass is 10.1. The van der Waals surface area contributed by atoms with E-state index in [1.807, 2.05) is 0 Å². The second-order valence-corrected chi connectivity index (χ2v) is 3.84. The van der Waals surface area contributed by atoms with E-state index in [1.165, 1.54) is 6.07 Å². The lowest BCUT2D eigenvalue weighted by Gasteiger charge is -2.12. The Hall–Kier alpha value is -1.75. The van der Waals surface area contributed by atoms with Crippen LogP contribution in [0, 0.1) is 11.3 Å². The van der Waals surface area contributed by atoms with Gasteiger partial charge in [-0.2, -0.15) is 5.26 Å². The number of nitrogens with zero attached hydrogens (tertiary/aromatic N) is 1. The normalized spacial score (nSPS) is 10.7. The fourth-order valence-corrected chi connectivity index (χ4v) is 1.67. The summed E-state index contributed by atoms with van der Waals surface area (Å²) in [6, 6.07) is 3.55. The van der Waals surface area contributed by atoms with Crippen molar-refractivity contribution >= 4 is 21.9 Å². The number of rotatable bonds is 2. The first-order chi connectivity index (χ1) is 8.28. The highest BCUT2D eigenvalue weighted by molar-refractivity contribution is 9.10. The van der Waals surface area contributed by atoms with Gasteiger partial charge >= 0.3 is 12.3 Å². The fourth-order valence-electron chi connectivity index (χ4n) is 1.13. The van der Waals surface area contributed by atoms with Crippen LogP contribution in [0.4, 0.5) is 13.2 Å². The third kappa shape index (κ3) is 3.37. The lowest BCUT2D eigenvalue weighted by molar-refractivity contribution is -0.275. The van der Waals surface area contributed by atoms with Gasteiger partial charge in [0, 0.05) is 0 Å². The molecule has 4 nitrogen and oxygen atoms in total. The van der Waals surface area contributed by atoms with Crippen LogP contribution in [-0.4, -0.2) is 19.4 Å². The minimum Gasteiger partial charge on any atom is -0.465 e. The SMILES string of the molecule is COC(=O)c1cc(Br)c(OC(F)(F)F)c(C#N)c1. The van der Waals surface area contributed by atoms with Gasteiger partial charge in [0.15, 0.2) is 5.75 Å². The summed E-state index contributed by atoms with van der Waals surface area (Å²) in [4.78, 5) is 11.2. The summed E-state index contributed by atoms with van der Waals surface area (Å²) >= 11 is 2.81. The zero-order valence-electron chi connectivity index (χ0n) is 8.84. The summed E-state index contributed by atoms with van der Waals surface area (Å²) in [6.07, 6.45) is -4.93. The first kappa shape index (κ1) is 14.3. The van der Waals surface area contributed by atoms with Gasteiger partial charge in [-0.15, -0.1) is 13.2 Å². The number of carbonyl (C=O) groups excluding carboxylic acids is 1. The summed E-state index contributed by atoms with van der Waals surface area (Å²) in [5, 5.41) is 8.75. The van der Waals surface area contributed by atoms with Gasteiger partial charge in [0.05, 0.1) is 22.7 Å². The number of hydrogen-bond donors (Lipinski definition) is 0. The molecule has 1 rings (SSSR count). The zero-order valence-corrected chi connectivity index (χ0v) is 10.4. The highest BCUT2D eigenvalue weighted by Crippen LogP contribution is 2.34. The molecular weight excluding hydrogens is 319 g/mol. The summed E-state index contributed by atoms with van der Waals surface area (Å²) < 4.78 is 44.3. The maximum absolute atomic E-state index is 12.1. The molecule has 0 aliphatic carbocycles. The summed E-state index contributed by atoms with van der Waals surface area (Å²) in [5.41, 5.74) is -0.488. The molecule has 8 heteroatoms. The number of alkyl halides is 3.